The molecule has 0 N–H and O–H groups in total. The molecule has 4 rings (SSSR count). The Morgan fingerprint density at radius 1 is 1.26 bits per heavy atom. The van der Waals surface area contributed by atoms with Gasteiger partial charge in [-0.15, -0.1) is 11.3 Å². The minimum atomic E-state index is -0.332. The number of ether oxygens (including phenoxy) is 2. The predicted molar refractivity (Wildman–Crippen MR) is 107 cm³/mol. The summed E-state index contributed by atoms with van der Waals surface area (Å²) in [6, 6.07) is 7.58. The van der Waals surface area contributed by atoms with E-state index in [1.165, 1.54) is 18.9 Å². The third kappa shape index (κ3) is 3.23. The van der Waals surface area contributed by atoms with Gasteiger partial charge in [0.15, 0.2) is 5.16 Å². The van der Waals surface area contributed by atoms with E-state index >= 15 is 0 Å². The van der Waals surface area contributed by atoms with Gasteiger partial charge in [-0.05, 0) is 43.5 Å². The van der Waals surface area contributed by atoms with Gasteiger partial charge in [0.1, 0.15) is 16.1 Å². The summed E-state index contributed by atoms with van der Waals surface area (Å²) in [6.45, 7) is 0. The van der Waals surface area contributed by atoms with Gasteiger partial charge in [-0.25, -0.2) is 4.98 Å². The van der Waals surface area contributed by atoms with E-state index in [0.29, 0.717) is 10.7 Å². The minimum absolute atomic E-state index is 0.0171. The van der Waals surface area contributed by atoms with Crippen LogP contribution < -0.4 is 10.2 Å². The van der Waals surface area contributed by atoms with Gasteiger partial charge in [0.2, 0.25) is 5.43 Å². The van der Waals surface area contributed by atoms with Crippen molar-refractivity contribution in [3.05, 3.63) is 44.9 Å². The van der Waals surface area contributed by atoms with Crippen LogP contribution in [-0.4, -0.2) is 35.5 Å². The number of methoxy groups -OCH3 is 2. The highest BCUT2D eigenvalue weighted by molar-refractivity contribution is 7.99. The lowest BCUT2D eigenvalue weighted by molar-refractivity contribution is -0.137. The minimum Gasteiger partial charge on any atom is -0.497 e. The van der Waals surface area contributed by atoms with Crippen molar-refractivity contribution in [2.24, 2.45) is 0 Å². The molecule has 140 valence electrons. The number of aromatic nitrogens is 2. The Morgan fingerprint density at radius 3 is 2.74 bits per heavy atom. The van der Waals surface area contributed by atoms with Crippen LogP contribution in [0.15, 0.2) is 34.2 Å². The third-order valence-electron chi connectivity index (χ3n) is 4.56. The van der Waals surface area contributed by atoms with Crippen LogP contribution in [-0.2, 0) is 22.4 Å². The largest absolute Gasteiger partial charge is 0.497 e. The molecule has 0 saturated heterocycles. The summed E-state index contributed by atoms with van der Waals surface area (Å²) in [4.78, 5) is 31.1. The quantitative estimate of drug-likeness (QED) is 0.482. The SMILES string of the molecule is COC(=O)CSc1nc2c(=O)c3c(sc2n1-c1ccc(OC)cc1)CCC3. The first-order valence-electron chi connectivity index (χ1n) is 8.53. The van der Waals surface area contributed by atoms with Crippen molar-refractivity contribution in [3.8, 4) is 11.4 Å². The van der Waals surface area contributed by atoms with Gasteiger partial charge < -0.3 is 9.47 Å². The molecular weight excluding hydrogens is 384 g/mol. The van der Waals surface area contributed by atoms with E-state index in [1.54, 1.807) is 18.4 Å². The second-order valence-electron chi connectivity index (χ2n) is 6.13. The molecule has 0 fully saturated rings. The Morgan fingerprint density at radius 2 is 2.04 bits per heavy atom. The van der Waals surface area contributed by atoms with E-state index in [1.807, 2.05) is 28.8 Å². The number of hydrogen-bond acceptors (Lipinski definition) is 7. The zero-order valence-electron chi connectivity index (χ0n) is 15.0. The van der Waals surface area contributed by atoms with Crippen molar-refractivity contribution >= 4 is 39.4 Å². The summed E-state index contributed by atoms with van der Waals surface area (Å²) in [5.74, 6) is 0.553. The standard InChI is InChI=1S/C19H18N2O4S2/c1-24-12-8-6-11(7-9-12)21-18-16(20-19(21)26-10-15(22)25-2)17(23)13-4-3-5-14(13)27-18/h6-9H,3-5,10H2,1-2H3. The summed E-state index contributed by atoms with van der Waals surface area (Å²) >= 11 is 2.89. The van der Waals surface area contributed by atoms with Gasteiger partial charge >= 0.3 is 5.97 Å². The van der Waals surface area contributed by atoms with Crippen molar-refractivity contribution in [2.45, 2.75) is 24.4 Å². The Bertz CT molecular complexity index is 1070. The second-order valence-corrected chi connectivity index (χ2v) is 8.16. The molecule has 0 bridgehead atoms. The maximum Gasteiger partial charge on any atom is 0.316 e. The number of carbonyl (C=O) groups is 1. The zero-order chi connectivity index (χ0) is 19.0. The highest BCUT2D eigenvalue weighted by Gasteiger charge is 2.23. The van der Waals surface area contributed by atoms with Gasteiger partial charge in [0, 0.05) is 16.1 Å². The fraction of sp³-hybridized carbons (Fsp3) is 0.316. The maximum atomic E-state index is 12.9. The molecule has 2 heterocycles. The number of thioether (sulfide) groups is 1. The van der Waals surface area contributed by atoms with Crippen molar-refractivity contribution in [1.29, 1.82) is 0 Å². The third-order valence-corrected chi connectivity index (χ3v) is 6.74. The summed E-state index contributed by atoms with van der Waals surface area (Å²) in [5, 5.41) is 0.609. The van der Waals surface area contributed by atoms with Crippen LogP contribution in [0.3, 0.4) is 0 Å². The van der Waals surface area contributed by atoms with Crippen LogP contribution in [0.4, 0.5) is 0 Å². The number of aryl methyl sites for hydroxylation is 1. The normalized spacial score (nSPS) is 13.0. The highest BCUT2D eigenvalue weighted by atomic mass is 32.2. The van der Waals surface area contributed by atoms with E-state index in [0.717, 1.165) is 46.0 Å². The van der Waals surface area contributed by atoms with Gasteiger partial charge in [-0.3, -0.25) is 14.2 Å². The Labute approximate surface area is 164 Å². The molecule has 6 nitrogen and oxygen atoms in total. The molecule has 0 radical (unpaired) electrons. The molecule has 8 heteroatoms. The van der Waals surface area contributed by atoms with Gasteiger partial charge in [-0.2, -0.15) is 0 Å². The van der Waals surface area contributed by atoms with Crippen LogP contribution in [0, 0.1) is 0 Å². The number of benzene rings is 1. The molecule has 0 atom stereocenters. The smallest absolute Gasteiger partial charge is 0.316 e. The first kappa shape index (κ1) is 18.1. The number of hydrogen-bond donors (Lipinski definition) is 0. The molecular formula is C19H18N2O4S2. The van der Waals surface area contributed by atoms with E-state index in [4.69, 9.17) is 9.47 Å². The number of rotatable bonds is 5. The number of fused-ring (bicyclic) bond motifs is 2. The molecule has 2 aromatic heterocycles. The second kappa shape index (κ2) is 7.36. The lowest BCUT2D eigenvalue weighted by Crippen LogP contribution is -2.07. The first-order valence-corrected chi connectivity index (χ1v) is 10.3. The Balaban J connectivity index is 1.90. The topological polar surface area (TPSA) is 70.4 Å². The summed E-state index contributed by atoms with van der Waals surface area (Å²) < 4.78 is 11.9. The molecule has 0 saturated carbocycles. The van der Waals surface area contributed by atoms with Crippen LogP contribution in [0.25, 0.3) is 16.0 Å². The number of imidazole rings is 1. The molecule has 0 unspecified atom stereocenters. The van der Waals surface area contributed by atoms with E-state index < -0.39 is 0 Å². The van der Waals surface area contributed by atoms with Crippen molar-refractivity contribution < 1.29 is 14.3 Å². The molecule has 1 aromatic carbocycles. The van der Waals surface area contributed by atoms with E-state index in [9.17, 15) is 9.59 Å². The van der Waals surface area contributed by atoms with Crippen molar-refractivity contribution in [2.75, 3.05) is 20.0 Å². The number of esters is 1. The van der Waals surface area contributed by atoms with Gasteiger partial charge in [-0.1, -0.05) is 11.8 Å². The first-order chi connectivity index (χ1) is 13.1. The Kier molecular flexibility index (Phi) is 4.92. The Hall–Kier alpha value is -2.32. The van der Waals surface area contributed by atoms with E-state index in [-0.39, 0.29) is 17.2 Å². The fourth-order valence-electron chi connectivity index (χ4n) is 3.19. The summed E-state index contributed by atoms with van der Waals surface area (Å²) in [5.41, 5.74) is 2.27. The number of nitrogens with zero attached hydrogens (tertiary/aromatic N) is 2. The maximum absolute atomic E-state index is 12.9. The molecule has 0 amide bonds. The van der Waals surface area contributed by atoms with Crippen LogP contribution in [0.5, 0.6) is 5.75 Å². The van der Waals surface area contributed by atoms with Crippen molar-refractivity contribution in [1.82, 2.24) is 9.55 Å². The molecule has 3 aromatic rings. The van der Waals surface area contributed by atoms with Gasteiger partial charge in [0.25, 0.3) is 0 Å². The average molecular weight is 402 g/mol. The molecule has 27 heavy (non-hydrogen) atoms. The number of carbonyl (C=O) groups excluding carboxylic acids is 1. The summed E-state index contributed by atoms with van der Waals surface area (Å²) in [7, 11) is 2.98. The van der Waals surface area contributed by atoms with Crippen LogP contribution in [0.2, 0.25) is 0 Å². The molecule has 0 spiro atoms. The lowest BCUT2D eigenvalue weighted by atomic mass is 10.2. The monoisotopic (exact) mass is 402 g/mol. The fourth-order valence-corrected chi connectivity index (χ4v) is 5.41. The van der Waals surface area contributed by atoms with Crippen molar-refractivity contribution in [3.63, 3.8) is 0 Å². The molecule has 0 aliphatic heterocycles. The predicted octanol–water partition coefficient (Wildman–Crippen LogP) is 3.21. The van der Waals surface area contributed by atoms with Crippen LogP contribution in [0.1, 0.15) is 16.9 Å². The average Bonchev–Trinajstić information content (AvgIpc) is 3.31. The summed E-state index contributed by atoms with van der Waals surface area (Å²) in [6.07, 6.45) is 2.77. The molecule has 1 aliphatic carbocycles. The highest BCUT2D eigenvalue weighted by Crippen LogP contribution is 2.34. The van der Waals surface area contributed by atoms with Crippen LogP contribution >= 0.6 is 23.1 Å². The zero-order valence-corrected chi connectivity index (χ0v) is 16.6. The van der Waals surface area contributed by atoms with E-state index in [2.05, 4.69) is 4.98 Å². The molecule has 1 aliphatic rings. The van der Waals surface area contributed by atoms with Gasteiger partial charge in [0.05, 0.1) is 20.0 Å². The lowest BCUT2D eigenvalue weighted by Gasteiger charge is -2.09.